The van der Waals surface area contributed by atoms with Crippen LogP contribution in [0.1, 0.15) is 17.5 Å². The van der Waals surface area contributed by atoms with E-state index in [-0.39, 0.29) is 6.42 Å². The normalized spacial score (nSPS) is 14.2. The molecule has 1 aromatic heterocycles. The fourth-order valence-electron chi connectivity index (χ4n) is 2.79. The van der Waals surface area contributed by atoms with Crippen LogP contribution in [0.25, 0.3) is 10.2 Å². The molecule has 26 heavy (non-hydrogen) atoms. The topological polar surface area (TPSA) is 42.0 Å². The van der Waals surface area contributed by atoms with Crippen LogP contribution in [-0.4, -0.2) is 23.6 Å². The van der Waals surface area contributed by atoms with Gasteiger partial charge < -0.3 is 5.32 Å². The van der Waals surface area contributed by atoms with E-state index >= 15 is 0 Å². The van der Waals surface area contributed by atoms with E-state index in [1.54, 1.807) is 37.3 Å². The lowest BCUT2D eigenvalue weighted by Gasteiger charge is -2.28. The van der Waals surface area contributed by atoms with Gasteiger partial charge in [0.05, 0.1) is 20.6 Å². The zero-order chi connectivity index (χ0) is 18.8. The molecule has 0 fully saturated rings. The zero-order valence-corrected chi connectivity index (χ0v) is 14.8. The Bertz CT molecular complexity index is 875. The minimum Gasteiger partial charge on any atom is -0.346 e. The van der Waals surface area contributed by atoms with Crippen molar-refractivity contribution in [3.05, 3.63) is 65.2 Å². The lowest BCUT2D eigenvalue weighted by molar-refractivity contribution is -0.141. The molecule has 136 valence electrons. The van der Waals surface area contributed by atoms with E-state index in [9.17, 15) is 18.0 Å². The number of halogens is 3. The number of amides is 1. The average Bonchev–Trinajstić information content (AvgIpc) is 3.01. The highest BCUT2D eigenvalue weighted by Gasteiger charge is 2.38. The molecule has 7 heteroatoms. The summed E-state index contributed by atoms with van der Waals surface area (Å²) in [5, 5.41) is 2.74. The molecule has 2 aromatic carbocycles. The number of carbonyl (C=O) groups excluding carboxylic acids is 1. The molecule has 0 aliphatic carbocycles. The van der Waals surface area contributed by atoms with Gasteiger partial charge in [0.15, 0.2) is 0 Å². The Balaban J connectivity index is 1.93. The highest BCUT2D eigenvalue weighted by Crippen LogP contribution is 2.32. The second-order valence-electron chi connectivity index (χ2n) is 6.25. The first-order valence-corrected chi connectivity index (χ1v) is 8.85. The number of alkyl halides is 3. The highest BCUT2D eigenvalue weighted by atomic mass is 32.1. The zero-order valence-electron chi connectivity index (χ0n) is 14.0. The number of para-hydroxylation sites is 1. The molecular formula is C19H17F3N2OS. The van der Waals surface area contributed by atoms with Gasteiger partial charge in [-0.3, -0.25) is 4.79 Å². The first-order valence-electron chi connectivity index (χ1n) is 8.03. The molecule has 1 heterocycles. The van der Waals surface area contributed by atoms with Gasteiger partial charge in [-0.05, 0) is 24.6 Å². The number of hydrogen-bond acceptors (Lipinski definition) is 3. The fourth-order valence-corrected chi connectivity index (χ4v) is 3.92. The lowest BCUT2D eigenvalue weighted by Crippen LogP contribution is -2.46. The predicted molar refractivity (Wildman–Crippen MR) is 96.2 cm³/mol. The van der Waals surface area contributed by atoms with E-state index in [0.29, 0.717) is 10.6 Å². The first kappa shape index (κ1) is 18.4. The van der Waals surface area contributed by atoms with Crippen LogP contribution in [0, 0.1) is 0 Å². The van der Waals surface area contributed by atoms with Crippen molar-refractivity contribution in [2.45, 2.75) is 24.9 Å². The number of aromatic nitrogens is 1. The van der Waals surface area contributed by atoms with Crippen molar-refractivity contribution in [3.63, 3.8) is 0 Å². The molecule has 3 aromatic rings. The monoisotopic (exact) mass is 378 g/mol. The molecule has 0 saturated carbocycles. The number of rotatable bonds is 5. The Morgan fingerprint density at radius 2 is 1.73 bits per heavy atom. The highest BCUT2D eigenvalue weighted by molar-refractivity contribution is 7.18. The molecule has 0 bridgehead atoms. The van der Waals surface area contributed by atoms with E-state index < -0.39 is 24.0 Å². The van der Waals surface area contributed by atoms with Gasteiger partial charge in [0.2, 0.25) is 5.91 Å². The number of thiazole rings is 1. The summed E-state index contributed by atoms with van der Waals surface area (Å²) in [6, 6.07) is 16.4. The van der Waals surface area contributed by atoms with Crippen molar-refractivity contribution in [1.82, 2.24) is 10.3 Å². The van der Waals surface area contributed by atoms with Crippen LogP contribution in [0.4, 0.5) is 13.2 Å². The second-order valence-corrected chi connectivity index (χ2v) is 7.36. The van der Waals surface area contributed by atoms with Gasteiger partial charge in [0.1, 0.15) is 6.54 Å². The predicted octanol–water partition coefficient (Wildman–Crippen LogP) is 4.48. The van der Waals surface area contributed by atoms with Gasteiger partial charge in [-0.25, -0.2) is 4.98 Å². The minimum absolute atomic E-state index is 0.222. The smallest absolute Gasteiger partial charge is 0.346 e. The maximum atomic E-state index is 12.7. The van der Waals surface area contributed by atoms with Crippen molar-refractivity contribution in [2.24, 2.45) is 0 Å². The molecule has 0 radical (unpaired) electrons. The Hall–Kier alpha value is -2.41. The van der Waals surface area contributed by atoms with Crippen LogP contribution in [0.2, 0.25) is 0 Å². The number of nitrogens with one attached hydrogen (secondary N) is 1. The molecule has 1 atom stereocenters. The van der Waals surface area contributed by atoms with Crippen LogP contribution in [0.5, 0.6) is 0 Å². The van der Waals surface area contributed by atoms with Crippen LogP contribution in [0.15, 0.2) is 54.6 Å². The molecule has 0 saturated heterocycles. The van der Waals surface area contributed by atoms with Gasteiger partial charge in [0, 0.05) is 6.42 Å². The van der Waals surface area contributed by atoms with Crippen molar-refractivity contribution in [1.29, 1.82) is 0 Å². The number of benzene rings is 2. The summed E-state index contributed by atoms with van der Waals surface area (Å²) in [6.07, 6.45) is -4.23. The summed E-state index contributed by atoms with van der Waals surface area (Å²) in [4.78, 5) is 17.2. The maximum Gasteiger partial charge on any atom is 0.405 e. The molecule has 3 rings (SSSR count). The SMILES string of the molecule is C[C@@](Cc1nc2ccccc2s1)(C(=O)NCC(F)(F)F)c1ccccc1. The summed E-state index contributed by atoms with van der Waals surface area (Å²) < 4.78 is 38.6. The molecule has 1 amide bonds. The van der Waals surface area contributed by atoms with Crippen molar-refractivity contribution in [2.75, 3.05) is 6.54 Å². The number of nitrogens with zero attached hydrogens (tertiary/aromatic N) is 1. The van der Waals surface area contributed by atoms with Gasteiger partial charge in [-0.1, -0.05) is 42.5 Å². The number of carbonyl (C=O) groups is 1. The largest absolute Gasteiger partial charge is 0.405 e. The Morgan fingerprint density at radius 3 is 2.38 bits per heavy atom. The molecule has 0 spiro atoms. The third-order valence-corrected chi connectivity index (χ3v) is 5.24. The summed E-state index contributed by atoms with van der Waals surface area (Å²) in [5.74, 6) is -0.666. The molecule has 0 unspecified atom stereocenters. The van der Waals surface area contributed by atoms with Crippen LogP contribution >= 0.6 is 11.3 Å². The Kier molecular flexibility index (Phi) is 5.00. The van der Waals surface area contributed by atoms with Gasteiger partial charge in [-0.15, -0.1) is 11.3 Å². The van der Waals surface area contributed by atoms with Crippen molar-refractivity contribution < 1.29 is 18.0 Å². The quantitative estimate of drug-likeness (QED) is 0.712. The molecule has 3 nitrogen and oxygen atoms in total. The van der Waals surface area contributed by atoms with E-state index in [1.807, 2.05) is 29.6 Å². The molecule has 0 aliphatic heterocycles. The van der Waals surface area contributed by atoms with E-state index in [4.69, 9.17) is 0 Å². The van der Waals surface area contributed by atoms with Gasteiger partial charge in [-0.2, -0.15) is 13.2 Å². The summed E-state index contributed by atoms with van der Waals surface area (Å²) >= 11 is 1.45. The van der Waals surface area contributed by atoms with E-state index in [0.717, 1.165) is 10.2 Å². The van der Waals surface area contributed by atoms with Crippen LogP contribution < -0.4 is 5.32 Å². The number of fused-ring (bicyclic) bond motifs is 1. The third kappa shape index (κ3) is 4.04. The Labute approximate surface area is 152 Å². The number of hydrogen-bond donors (Lipinski definition) is 1. The average molecular weight is 378 g/mol. The molecule has 1 N–H and O–H groups in total. The van der Waals surface area contributed by atoms with Crippen molar-refractivity contribution in [3.8, 4) is 0 Å². The molecule has 0 aliphatic rings. The third-order valence-electron chi connectivity index (χ3n) is 4.20. The second kappa shape index (κ2) is 7.07. The van der Waals surface area contributed by atoms with E-state index in [1.165, 1.54) is 11.3 Å². The van der Waals surface area contributed by atoms with Crippen LogP contribution in [0.3, 0.4) is 0 Å². The van der Waals surface area contributed by atoms with Crippen molar-refractivity contribution >= 4 is 27.5 Å². The standard InChI is InChI=1S/C19H17F3N2OS/c1-18(13-7-3-2-4-8-13,17(25)23-12-19(20,21)22)11-16-24-14-9-5-6-10-15(14)26-16/h2-10H,11-12H2,1H3,(H,23,25)/t18-/m0/s1. The summed E-state index contributed by atoms with van der Waals surface area (Å²) in [6.45, 7) is 0.300. The lowest BCUT2D eigenvalue weighted by atomic mass is 9.78. The van der Waals surface area contributed by atoms with E-state index in [2.05, 4.69) is 4.98 Å². The minimum atomic E-state index is -4.46. The van der Waals surface area contributed by atoms with Crippen LogP contribution in [-0.2, 0) is 16.6 Å². The summed E-state index contributed by atoms with van der Waals surface area (Å²) in [7, 11) is 0. The van der Waals surface area contributed by atoms with Gasteiger partial charge in [0.25, 0.3) is 0 Å². The van der Waals surface area contributed by atoms with Gasteiger partial charge >= 0.3 is 6.18 Å². The first-order chi connectivity index (χ1) is 12.3. The maximum absolute atomic E-state index is 12.7. The summed E-state index contributed by atoms with van der Waals surface area (Å²) in [5.41, 5.74) is 0.318. The fraction of sp³-hybridized carbons (Fsp3) is 0.263. The molecular weight excluding hydrogens is 361 g/mol. The Morgan fingerprint density at radius 1 is 1.08 bits per heavy atom.